The summed E-state index contributed by atoms with van der Waals surface area (Å²) in [5, 5.41) is 7.47. The monoisotopic (exact) mass is 532 g/mol. The van der Waals surface area contributed by atoms with Gasteiger partial charge in [-0.25, -0.2) is 0 Å². The van der Waals surface area contributed by atoms with E-state index in [-0.39, 0.29) is 30.0 Å². The Balaban J connectivity index is 0.00000300. The fraction of sp³-hybridized carbons (Fsp3) is 0.476. The molecule has 0 radical (unpaired) electrons. The van der Waals surface area contributed by atoms with Crippen LogP contribution in [0.15, 0.2) is 52.1 Å². The van der Waals surface area contributed by atoms with Crippen LogP contribution in [0.4, 0.5) is 0 Å². The summed E-state index contributed by atoms with van der Waals surface area (Å²) in [5.41, 5.74) is 1.18. The van der Waals surface area contributed by atoms with Gasteiger partial charge in [-0.15, -0.1) is 24.0 Å². The standard InChI is InChI=1S/C21H29ClN4O2.HI/c1-2-23-21(24-9-8-19-7-4-12-28-19)25-16-20(26-10-13-27-14-11-26)17-5-3-6-18(22)15-17;/h3-7,12,15,20H,2,8-11,13-14,16H2,1H3,(H2,23,24,25);1H. The summed E-state index contributed by atoms with van der Waals surface area (Å²) < 4.78 is 10.9. The van der Waals surface area contributed by atoms with Crippen molar-refractivity contribution in [3.8, 4) is 0 Å². The zero-order valence-corrected chi connectivity index (χ0v) is 19.9. The lowest BCUT2D eigenvalue weighted by Gasteiger charge is -2.34. The summed E-state index contributed by atoms with van der Waals surface area (Å²) in [5.74, 6) is 1.78. The van der Waals surface area contributed by atoms with Crippen molar-refractivity contribution in [2.75, 3.05) is 45.9 Å². The van der Waals surface area contributed by atoms with Crippen LogP contribution in [0.3, 0.4) is 0 Å². The van der Waals surface area contributed by atoms with Crippen molar-refractivity contribution in [2.45, 2.75) is 19.4 Å². The van der Waals surface area contributed by atoms with Crippen LogP contribution in [0.1, 0.15) is 24.3 Å². The zero-order chi connectivity index (χ0) is 19.6. The second-order valence-electron chi connectivity index (χ2n) is 6.69. The summed E-state index contributed by atoms with van der Waals surface area (Å²) in [7, 11) is 0. The van der Waals surface area contributed by atoms with Crippen LogP contribution in [0.2, 0.25) is 5.02 Å². The molecule has 0 saturated carbocycles. The van der Waals surface area contributed by atoms with Crippen molar-refractivity contribution in [3.63, 3.8) is 0 Å². The molecule has 1 saturated heterocycles. The van der Waals surface area contributed by atoms with Crippen LogP contribution in [-0.4, -0.2) is 56.8 Å². The molecule has 6 nitrogen and oxygen atoms in total. The number of hydrogen-bond acceptors (Lipinski definition) is 4. The smallest absolute Gasteiger partial charge is 0.191 e. The normalized spacial score (nSPS) is 16.1. The highest BCUT2D eigenvalue weighted by Gasteiger charge is 2.22. The van der Waals surface area contributed by atoms with Gasteiger partial charge in [-0.1, -0.05) is 23.7 Å². The second kappa shape index (κ2) is 13.1. The summed E-state index contributed by atoms with van der Waals surface area (Å²) in [6, 6.07) is 12.1. The van der Waals surface area contributed by atoms with Crippen molar-refractivity contribution in [1.82, 2.24) is 15.5 Å². The Hall–Kier alpha value is -1.29. The van der Waals surface area contributed by atoms with Crippen molar-refractivity contribution in [3.05, 3.63) is 59.0 Å². The van der Waals surface area contributed by atoms with Crippen LogP contribution >= 0.6 is 35.6 Å². The number of hydrogen-bond donors (Lipinski definition) is 2. The summed E-state index contributed by atoms with van der Waals surface area (Å²) >= 11 is 6.25. The summed E-state index contributed by atoms with van der Waals surface area (Å²) in [4.78, 5) is 7.27. The highest BCUT2D eigenvalue weighted by Crippen LogP contribution is 2.24. The molecule has 8 heteroatoms. The van der Waals surface area contributed by atoms with E-state index in [1.165, 1.54) is 5.56 Å². The van der Waals surface area contributed by atoms with Crippen LogP contribution in [0.25, 0.3) is 0 Å². The van der Waals surface area contributed by atoms with Crippen molar-refractivity contribution >= 4 is 41.5 Å². The number of morpholine rings is 1. The molecule has 1 atom stereocenters. The van der Waals surface area contributed by atoms with Crippen molar-refractivity contribution in [1.29, 1.82) is 0 Å². The molecule has 29 heavy (non-hydrogen) atoms. The van der Waals surface area contributed by atoms with E-state index in [4.69, 9.17) is 25.7 Å². The average Bonchev–Trinajstić information content (AvgIpc) is 3.22. The Morgan fingerprint density at radius 3 is 2.72 bits per heavy atom. The first kappa shape index (κ1) is 24.0. The maximum Gasteiger partial charge on any atom is 0.191 e. The Bertz CT molecular complexity index is 736. The minimum atomic E-state index is 0. The van der Waals surface area contributed by atoms with E-state index >= 15 is 0 Å². The molecule has 1 aliphatic rings. The van der Waals surface area contributed by atoms with Crippen LogP contribution in [0, 0.1) is 0 Å². The number of nitrogens with one attached hydrogen (secondary N) is 2. The molecule has 0 bridgehead atoms. The molecule has 1 aromatic carbocycles. The molecule has 0 aliphatic carbocycles. The van der Waals surface area contributed by atoms with E-state index < -0.39 is 0 Å². The number of ether oxygens (including phenoxy) is 1. The molecule has 0 amide bonds. The number of rotatable bonds is 8. The summed E-state index contributed by atoms with van der Waals surface area (Å²) in [6.45, 7) is 7.59. The SMILES string of the molecule is CCNC(=NCC(c1cccc(Cl)c1)N1CCOCC1)NCCc1ccco1.I. The van der Waals surface area contributed by atoms with Crippen LogP contribution in [-0.2, 0) is 11.2 Å². The quantitative estimate of drug-likeness (QED) is 0.308. The van der Waals surface area contributed by atoms with E-state index in [1.807, 2.05) is 30.3 Å². The number of benzene rings is 1. The number of furan rings is 1. The largest absolute Gasteiger partial charge is 0.469 e. The van der Waals surface area contributed by atoms with Gasteiger partial charge in [-0.3, -0.25) is 9.89 Å². The minimum absolute atomic E-state index is 0. The molecule has 1 aliphatic heterocycles. The van der Waals surface area contributed by atoms with E-state index in [2.05, 4.69) is 28.5 Å². The summed E-state index contributed by atoms with van der Waals surface area (Å²) in [6.07, 6.45) is 2.52. The van der Waals surface area contributed by atoms with Gasteiger partial charge >= 0.3 is 0 Å². The lowest BCUT2D eigenvalue weighted by molar-refractivity contribution is 0.0180. The van der Waals surface area contributed by atoms with Gasteiger partial charge in [0.25, 0.3) is 0 Å². The predicted molar refractivity (Wildman–Crippen MR) is 128 cm³/mol. The van der Waals surface area contributed by atoms with Crippen LogP contribution < -0.4 is 10.6 Å². The second-order valence-corrected chi connectivity index (χ2v) is 7.13. The Morgan fingerprint density at radius 1 is 1.21 bits per heavy atom. The van der Waals surface area contributed by atoms with Crippen molar-refractivity contribution < 1.29 is 9.15 Å². The third kappa shape index (κ3) is 7.81. The lowest BCUT2D eigenvalue weighted by atomic mass is 10.0. The van der Waals surface area contributed by atoms with E-state index in [0.717, 1.165) is 62.6 Å². The fourth-order valence-electron chi connectivity index (χ4n) is 3.31. The van der Waals surface area contributed by atoms with Gasteiger partial charge in [-0.05, 0) is 36.8 Å². The van der Waals surface area contributed by atoms with Crippen molar-refractivity contribution in [2.24, 2.45) is 4.99 Å². The first-order valence-electron chi connectivity index (χ1n) is 9.88. The van der Waals surface area contributed by atoms with Gasteiger partial charge in [0.1, 0.15) is 5.76 Å². The van der Waals surface area contributed by atoms with Crippen LogP contribution in [0.5, 0.6) is 0 Å². The number of guanidine groups is 1. The molecule has 1 unspecified atom stereocenters. The molecule has 1 fully saturated rings. The minimum Gasteiger partial charge on any atom is -0.469 e. The molecule has 2 N–H and O–H groups in total. The van der Waals surface area contributed by atoms with Gasteiger partial charge in [0.05, 0.1) is 32.1 Å². The Labute approximate surface area is 195 Å². The predicted octanol–water partition coefficient (Wildman–Crippen LogP) is 3.72. The van der Waals surface area contributed by atoms with E-state index in [1.54, 1.807) is 6.26 Å². The van der Waals surface area contributed by atoms with Gasteiger partial charge < -0.3 is 19.8 Å². The molecule has 1 aromatic heterocycles. The number of nitrogens with zero attached hydrogens (tertiary/aromatic N) is 2. The molecule has 3 rings (SSSR count). The number of aliphatic imine (C=N–C) groups is 1. The maximum atomic E-state index is 6.25. The lowest BCUT2D eigenvalue weighted by Crippen LogP contribution is -2.42. The van der Waals surface area contributed by atoms with E-state index in [9.17, 15) is 0 Å². The first-order chi connectivity index (χ1) is 13.8. The third-order valence-electron chi connectivity index (χ3n) is 4.73. The van der Waals surface area contributed by atoms with Gasteiger partial charge in [0.15, 0.2) is 5.96 Å². The maximum absolute atomic E-state index is 6.25. The molecular weight excluding hydrogens is 503 g/mol. The molecule has 0 spiro atoms. The van der Waals surface area contributed by atoms with E-state index in [0.29, 0.717) is 6.54 Å². The molecule has 2 aromatic rings. The van der Waals surface area contributed by atoms with Gasteiger partial charge in [0, 0.05) is 37.6 Å². The Morgan fingerprint density at radius 2 is 2.03 bits per heavy atom. The molecular formula is C21H30ClIN4O2. The molecule has 160 valence electrons. The average molecular weight is 533 g/mol. The third-order valence-corrected chi connectivity index (χ3v) is 4.97. The Kier molecular flexibility index (Phi) is 10.8. The zero-order valence-electron chi connectivity index (χ0n) is 16.8. The fourth-order valence-corrected chi connectivity index (χ4v) is 3.51. The topological polar surface area (TPSA) is 62.0 Å². The van der Waals surface area contributed by atoms with Gasteiger partial charge in [0.2, 0.25) is 0 Å². The number of halogens is 2. The highest BCUT2D eigenvalue weighted by molar-refractivity contribution is 14.0. The highest BCUT2D eigenvalue weighted by atomic mass is 127. The van der Waals surface area contributed by atoms with Gasteiger partial charge in [-0.2, -0.15) is 0 Å². The molecule has 2 heterocycles. The first-order valence-corrected chi connectivity index (χ1v) is 10.3.